The number of fused-ring (bicyclic) bond motifs is 1. The van der Waals surface area contributed by atoms with Crippen LogP contribution < -0.4 is 11.3 Å². The van der Waals surface area contributed by atoms with E-state index < -0.39 is 0 Å². The summed E-state index contributed by atoms with van der Waals surface area (Å²) in [5.74, 6) is 0.169. The molecule has 6 nitrogen and oxygen atoms in total. The lowest BCUT2D eigenvalue weighted by atomic mass is 10.3. The van der Waals surface area contributed by atoms with Crippen molar-refractivity contribution in [3.8, 4) is 5.69 Å². The second-order valence-electron chi connectivity index (χ2n) is 3.66. The minimum absolute atomic E-state index is 0.169. The molecule has 1 aromatic carbocycles. The number of nitrogens with zero attached hydrogens (tertiary/aromatic N) is 3. The van der Waals surface area contributed by atoms with Crippen LogP contribution >= 0.6 is 11.6 Å². The standard InChI is InChI=1S/C11H8ClN5O/c12-6-3-1-2-4-7(6)17-8-9(16-11(17)13)14-5-15-10(8)18/h1-5H,(H3,13,14,15,16,18). The van der Waals surface area contributed by atoms with E-state index in [0.717, 1.165) is 0 Å². The molecule has 0 fully saturated rings. The smallest absolute Gasteiger partial charge is 0.277 e. The summed E-state index contributed by atoms with van der Waals surface area (Å²) < 4.78 is 1.49. The highest BCUT2D eigenvalue weighted by Crippen LogP contribution is 2.25. The first kappa shape index (κ1) is 10.8. The van der Waals surface area contributed by atoms with Gasteiger partial charge in [0.25, 0.3) is 5.56 Å². The van der Waals surface area contributed by atoms with Crippen molar-refractivity contribution < 1.29 is 0 Å². The number of aromatic nitrogens is 4. The van der Waals surface area contributed by atoms with Crippen molar-refractivity contribution in [2.45, 2.75) is 0 Å². The summed E-state index contributed by atoms with van der Waals surface area (Å²) >= 11 is 6.10. The van der Waals surface area contributed by atoms with Crippen molar-refractivity contribution in [1.82, 2.24) is 19.5 Å². The fourth-order valence-corrected chi connectivity index (χ4v) is 2.04. The van der Waals surface area contributed by atoms with Crippen molar-refractivity contribution in [1.29, 1.82) is 0 Å². The summed E-state index contributed by atoms with van der Waals surface area (Å²) in [6, 6.07) is 7.07. The molecule has 0 aliphatic carbocycles. The monoisotopic (exact) mass is 261 g/mol. The van der Waals surface area contributed by atoms with Crippen LogP contribution in [0.1, 0.15) is 0 Å². The third kappa shape index (κ3) is 1.46. The van der Waals surface area contributed by atoms with E-state index in [1.165, 1.54) is 10.9 Å². The highest BCUT2D eigenvalue weighted by molar-refractivity contribution is 6.32. The maximum atomic E-state index is 11.8. The van der Waals surface area contributed by atoms with Crippen LogP contribution in [0.15, 0.2) is 35.4 Å². The van der Waals surface area contributed by atoms with Gasteiger partial charge in [-0.15, -0.1) is 0 Å². The van der Waals surface area contributed by atoms with Gasteiger partial charge in [-0.3, -0.25) is 9.36 Å². The van der Waals surface area contributed by atoms with E-state index >= 15 is 0 Å². The lowest BCUT2D eigenvalue weighted by Crippen LogP contribution is -2.11. The SMILES string of the molecule is Nc1nc2nc[nH]c(=O)c2n1-c1ccccc1Cl. The second kappa shape index (κ2) is 3.85. The first-order chi connectivity index (χ1) is 8.68. The van der Waals surface area contributed by atoms with Crippen LogP contribution in [0.2, 0.25) is 5.02 Å². The number of nitrogen functional groups attached to an aromatic ring is 1. The Labute approximate surface area is 106 Å². The van der Waals surface area contributed by atoms with Crippen LogP contribution in [0.5, 0.6) is 0 Å². The van der Waals surface area contributed by atoms with Gasteiger partial charge in [0.15, 0.2) is 11.2 Å². The molecule has 3 rings (SSSR count). The largest absolute Gasteiger partial charge is 0.369 e. The number of hydrogen-bond acceptors (Lipinski definition) is 4. The maximum Gasteiger partial charge on any atom is 0.277 e. The average molecular weight is 262 g/mol. The lowest BCUT2D eigenvalue weighted by Gasteiger charge is -2.07. The van der Waals surface area contributed by atoms with Gasteiger partial charge in [0.05, 0.1) is 17.0 Å². The number of nitrogens with one attached hydrogen (secondary N) is 1. The van der Waals surface area contributed by atoms with Crippen molar-refractivity contribution in [2.75, 3.05) is 5.73 Å². The van der Waals surface area contributed by atoms with Gasteiger partial charge in [0.2, 0.25) is 5.95 Å². The van der Waals surface area contributed by atoms with Crippen molar-refractivity contribution in [3.05, 3.63) is 46.0 Å². The van der Waals surface area contributed by atoms with Gasteiger partial charge >= 0.3 is 0 Å². The van der Waals surface area contributed by atoms with Gasteiger partial charge in [0, 0.05) is 0 Å². The Balaban J connectivity index is 2.47. The summed E-state index contributed by atoms with van der Waals surface area (Å²) in [5.41, 5.74) is 6.67. The van der Waals surface area contributed by atoms with Crippen LogP contribution in [-0.4, -0.2) is 19.5 Å². The average Bonchev–Trinajstić information content (AvgIpc) is 2.68. The molecule has 0 saturated carbocycles. The normalized spacial score (nSPS) is 10.9. The number of benzene rings is 1. The van der Waals surface area contributed by atoms with Gasteiger partial charge in [-0.05, 0) is 12.1 Å². The van der Waals surface area contributed by atoms with Gasteiger partial charge in [-0.25, -0.2) is 4.98 Å². The highest BCUT2D eigenvalue weighted by atomic mass is 35.5. The van der Waals surface area contributed by atoms with Gasteiger partial charge in [0.1, 0.15) is 0 Å². The Bertz CT molecular complexity index is 791. The van der Waals surface area contributed by atoms with E-state index in [2.05, 4.69) is 15.0 Å². The Morgan fingerprint density at radius 2 is 2.11 bits per heavy atom. The third-order valence-electron chi connectivity index (χ3n) is 2.58. The van der Waals surface area contributed by atoms with Crippen LogP contribution in [-0.2, 0) is 0 Å². The van der Waals surface area contributed by atoms with Crippen LogP contribution in [0, 0.1) is 0 Å². The number of imidazole rings is 1. The van der Waals surface area contributed by atoms with E-state index in [4.69, 9.17) is 17.3 Å². The molecule has 3 aromatic rings. The quantitative estimate of drug-likeness (QED) is 0.692. The minimum Gasteiger partial charge on any atom is -0.369 e. The van der Waals surface area contributed by atoms with E-state index in [1.807, 2.05) is 0 Å². The third-order valence-corrected chi connectivity index (χ3v) is 2.90. The fraction of sp³-hybridized carbons (Fsp3) is 0. The van der Waals surface area contributed by atoms with Crippen LogP contribution in [0.3, 0.4) is 0 Å². The first-order valence-electron chi connectivity index (χ1n) is 5.15. The molecule has 2 heterocycles. The molecule has 3 N–H and O–H groups in total. The molecule has 0 amide bonds. The molecule has 0 atom stereocenters. The fourth-order valence-electron chi connectivity index (χ4n) is 1.82. The van der Waals surface area contributed by atoms with E-state index in [-0.39, 0.29) is 22.7 Å². The molecule has 18 heavy (non-hydrogen) atoms. The van der Waals surface area contributed by atoms with Gasteiger partial charge in [-0.1, -0.05) is 23.7 Å². The Morgan fingerprint density at radius 1 is 1.33 bits per heavy atom. The van der Waals surface area contributed by atoms with Crippen LogP contribution in [0.25, 0.3) is 16.9 Å². The number of H-pyrrole nitrogens is 1. The molecular formula is C11H8ClN5O. The number of halogens is 1. The number of anilines is 1. The zero-order valence-electron chi connectivity index (χ0n) is 9.09. The van der Waals surface area contributed by atoms with Crippen molar-refractivity contribution >= 4 is 28.7 Å². The Kier molecular flexibility index (Phi) is 2.31. The molecule has 90 valence electrons. The van der Waals surface area contributed by atoms with E-state index in [1.54, 1.807) is 24.3 Å². The molecule has 7 heteroatoms. The predicted molar refractivity (Wildman–Crippen MR) is 68.9 cm³/mol. The Morgan fingerprint density at radius 3 is 2.89 bits per heavy atom. The number of para-hydroxylation sites is 1. The molecule has 0 spiro atoms. The number of hydrogen-bond donors (Lipinski definition) is 2. The molecule has 2 aromatic heterocycles. The van der Waals surface area contributed by atoms with Gasteiger partial charge < -0.3 is 10.7 Å². The Hall–Kier alpha value is -2.34. The van der Waals surface area contributed by atoms with Crippen molar-refractivity contribution in [2.24, 2.45) is 0 Å². The topological polar surface area (TPSA) is 89.6 Å². The highest BCUT2D eigenvalue weighted by Gasteiger charge is 2.15. The first-order valence-corrected chi connectivity index (χ1v) is 5.53. The van der Waals surface area contributed by atoms with Gasteiger partial charge in [-0.2, -0.15) is 4.98 Å². The predicted octanol–water partition coefficient (Wildman–Crippen LogP) is 1.34. The number of nitrogens with two attached hydrogens (primary N) is 1. The molecule has 0 aliphatic rings. The molecular weight excluding hydrogens is 254 g/mol. The lowest BCUT2D eigenvalue weighted by molar-refractivity contribution is 1.08. The molecule has 0 aliphatic heterocycles. The summed E-state index contributed by atoms with van der Waals surface area (Å²) in [5, 5.41) is 0.478. The summed E-state index contributed by atoms with van der Waals surface area (Å²) in [6.45, 7) is 0. The molecule has 0 bridgehead atoms. The molecule has 0 saturated heterocycles. The minimum atomic E-state index is -0.316. The van der Waals surface area contributed by atoms with E-state index in [0.29, 0.717) is 10.7 Å². The zero-order chi connectivity index (χ0) is 12.7. The second-order valence-corrected chi connectivity index (χ2v) is 4.07. The zero-order valence-corrected chi connectivity index (χ0v) is 9.85. The summed E-state index contributed by atoms with van der Waals surface area (Å²) in [4.78, 5) is 22.3. The molecule has 0 unspecified atom stereocenters. The summed E-state index contributed by atoms with van der Waals surface area (Å²) in [6.07, 6.45) is 1.29. The summed E-state index contributed by atoms with van der Waals surface area (Å²) in [7, 11) is 0. The maximum absolute atomic E-state index is 11.8. The molecule has 0 radical (unpaired) electrons. The van der Waals surface area contributed by atoms with E-state index in [9.17, 15) is 4.79 Å². The van der Waals surface area contributed by atoms with Crippen LogP contribution in [0.4, 0.5) is 5.95 Å². The number of aromatic amines is 1. The number of rotatable bonds is 1. The van der Waals surface area contributed by atoms with Crippen molar-refractivity contribution in [3.63, 3.8) is 0 Å².